The van der Waals surface area contributed by atoms with E-state index in [-0.39, 0.29) is 12.8 Å². The van der Waals surface area contributed by atoms with Gasteiger partial charge in [0, 0.05) is 5.56 Å². The second-order valence-electron chi connectivity index (χ2n) is 7.67. The molecule has 6 heteroatoms. The Kier molecular flexibility index (Phi) is 9.12. The Morgan fingerprint density at radius 3 is 2.68 bits per heavy atom. The van der Waals surface area contributed by atoms with Crippen molar-refractivity contribution in [1.29, 1.82) is 0 Å². The first-order valence-corrected chi connectivity index (χ1v) is 11.3. The molecular weight excluding hydrogens is 375 g/mol. The minimum absolute atomic E-state index is 0.00875. The van der Waals surface area contributed by atoms with Crippen LogP contribution in [0.15, 0.2) is 12.1 Å². The minimum atomic E-state index is -2.13. The predicted octanol–water partition coefficient (Wildman–Crippen LogP) is 4.37. The van der Waals surface area contributed by atoms with Crippen molar-refractivity contribution in [3.05, 3.63) is 34.4 Å². The van der Waals surface area contributed by atoms with E-state index >= 15 is 0 Å². The summed E-state index contributed by atoms with van der Waals surface area (Å²) in [5.74, 6) is 5.70. The van der Waals surface area contributed by atoms with E-state index < -0.39 is 26.5 Å². The first-order valence-electron chi connectivity index (χ1n) is 9.91. The Morgan fingerprint density at radius 1 is 1.29 bits per heavy atom. The molecule has 1 unspecified atom stereocenters. The molecular formula is C22H30O5P+. The van der Waals surface area contributed by atoms with Gasteiger partial charge in [0.25, 0.3) is 0 Å². The van der Waals surface area contributed by atoms with E-state index in [1.165, 1.54) is 43.2 Å². The number of hydrogen-bond donors (Lipinski definition) is 2. The molecule has 0 saturated heterocycles. The SMILES string of the molecule is Cc1cc(C)c(C#CCO[P+](=O)C[C@@H](O)CC(=O)O)c(CC2CCCCC2)c1. The molecule has 1 fully saturated rings. The Morgan fingerprint density at radius 2 is 2.00 bits per heavy atom. The zero-order valence-corrected chi connectivity index (χ0v) is 17.6. The smallest absolute Gasteiger partial charge is 0.481 e. The van der Waals surface area contributed by atoms with Crippen LogP contribution in [-0.4, -0.2) is 35.1 Å². The molecule has 0 heterocycles. The normalized spacial score (nSPS) is 16.2. The number of aliphatic carboxylic acids is 1. The van der Waals surface area contributed by atoms with Gasteiger partial charge in [0.05, 0.1) is 6.42 Å². The van der Waals surface area contributed by atoms with Gasteiger partial charge in [-0.3, -0.25) is 4.79 Å². The van der Waals surface area contributed by atoms with Crippen molar-refractivity contribution in [2.45, 2.75) is 64.9 Å². The van der Waals surface area contributed by atoms with E-state index in [0.29, 0.717) is 0 Å². The van der Waals surface area contributed by atoms with Gasteiger partial charge < -0.3 is 10.2 Å². The molecule has 28 heavy (non-hydrogen) atoms. The van der Waals surface area contributed by atoms with Gasteiger partial charge in [-0.2, -0.15) is 0 Å². The maximum Gasteiger partial charge on any atom is 0.511 e. The van der Waals surface area contributed by atoms with E-state index in [4.69, 9.17) is 9.63 Å². The molecule has 0 amide bonds. The topological polar surface area (TPSA) is 83.8 Å². The van der Waals surface area contributed by atoms with Gasteiger partial charge in [0.1, 0.15) is 6.10 Å². The van der Waals surface area contributed by atoms with Gasteiger partial charge in [-0.15, -0.1) is 4.52 Å². The highest BCUT2D eigenvalue weighted by atomic mass is 31.1. The Hall–Kier alpha value is -1.73. The first-order chi connectivity index (χ1) is 13.3. The number of carbonyl (C=O) groups is 1. The van der Waals surface area contributed by atoms with Gasteiger partial charge in [0.2, 0.25) is 6.16 Å². The summed E-state index contributed by atoms with van der Waals surface area (Å²) in [4.78, 5) is 10.5. The number of carboxylic acid groups (broad SMARTS) is 1. The van der Waals surface area contributed by atoms with Crippen molar-refractivity contribution in [2.24, 2.45) is 5.92 Å². The lowest BCUT2D eigenvalue weighted by molar-refractivity contribution is -0.138. The summed E-state index contributed by atoms with van der Waals surface area (Å²) in [5, 5.41) is 18.1. The van der Waals surface area contributed by atoms with E-state index in [2.05, 4.69) is 37.8 Å². The number of carboxylic acids is 1. The van der Waals surface area contributed by atoms with Crippen molar-refractivity contribution < 1.29 is 24.1 Å². The van der Waals surface area contributed by atoms with E-state index in [1.54, 1.807) is 0 Å². The number of benzene rings is 1. The number of aryl methyl sites for hydroxylation is 2. The highest BCUT2D eigenvalue weighted by Gasteiger charge is 2.25. The highest BCUT2D eigenvalue weighted by molar-refractivity contribution is 7.39. The maximum atomic E-state index is 11.8. The summed E-state index contributed by atoms with van der Waals surface area (Å²) in [7, 11) is -2.13. The standard InChI is InChI=1S/C22H29O5P/c1-16-11-17(2)21(19(12-16)13-18-7-4-3-5-8-18)9-6-10-27-28(26)15-20(23)14-22(24)25/h11-12,18,20,23H,3-5,7-8,10,13-15H2,1-2H3/p+1/t20-/m0/s1. The largest absolute Gasteiger partial charge is 0.511 e. The van der Waals surface area contributed by atoms with Crippen LogP contribution < -0.4 is 0 Å². The molecule has 1 aliphatic carbocycles. The van der Waals surface area contributed by atoms with Crippen LogP contribution in [0.5, 0.6) is 0 Å². The molecule has 152 valence electrons. The maximum absolute atomic E-state index is 11.8. The summed E-state index contributed by atoms with van der Waals surface area (Å²) in [5.41, 5.74) is 4.68. The van der Waals surface area contributed by atoms with Crippen molar-refractivity contribution in [3.63, 3.8) is 0 Å². The Balaban J connectivity index is 1.97. The second-order valence-corrected chi connectivity index (χ2v) is 8.96. The van der Waals surface area contributed by atoms with Crippen LogP contribution >= 0.6 is 8.03 Å². The van der Waals surface area contributed by atoms with E-state index in [1.807, 2.05) is 0 Å². The summed E-state index contributed by atoms with van der Waals surface area (Å²) in [6, 6.07) is 4.34. The highest BCUT2D eigenvalue weighted by Crippen LogP contribution is 2.29. The molecule has 0 aromatic heterocycles. The van der Waals surface area contributed by atoms with Crippen LogP contribution in [0, 0.1) is 31.6 Å². The number of hydrogen-bond acceptors (Lipinski definition) is 4. The lowest BCUT2D eigenvalue weighted by Gasteiger charge is -2.22. The monoisotopic (exact) mass is 405 g/mol. The molecule has 0 spiro atoms. The van der Waals surface area contributed by atoms with Crippen LogP contribution in [0.3, 0.4) is 0 Å². The summed E-state index contributed by atoms with van der Waals surface area (Å²) < 4.78 is 16.9. The Labute approximate surface area is 168 Å². The molecule has 1 aliphatic rings. The first kappa shape index (κ1) is 22.6. The van der Waals surface area contributed by atoms with Gasteiger partial charge in [0.15, 0.2) is 6.61 Å². The van der Waals surface area contributed by atoms with Crippen LogP contribution in [0.25, 0.3) is 0 Å². The second kappa shape index (κ2) is 11.3. The van der Waals surface area contributed by atoms with Crippen molar-refractivity contribution in [3.8, 4) is 11.8 Å². The van der Waals surface area contributed by atoms with Gasteiger partial charge in [-0.25, -0.2) is 0 Å². The van der Waals surface area contributed by atoms with Crippen LogP contribution in [-0.2, 0) is 20.3 Å². The molecule has 2 atom stereocenters. The van der Waals surface area contributed by atoms with Gasteiger partial charge in [-0.1, -0.05) is 61.6 Å². The van der Waals surface area contributed by atoms with E-state index in [0.717, 1.165) is 23.5 Å². The molecule has 1 saturated carbocycles. The van der Waals surface area contributed by atoms with Gasteiger partial charge in [-0.05, 0) is 41.9 Å². The fourth-order valence-electron chi connectivity index (χ4n) is 3.82. The lowest BCUT2D eigenvalue weighted by Crippen LogP contribution is -2.15. The van der Waals surface area contributed by atoms with Crippen LogP contribution in [0.1, 0.15) is 60.8 Å². The Bertz CT molecular complexity index is 756. The fraction of sp³-hybridized carbons (Fsp3) is 0.591. The minimum Gasteiger partial charge on any atom is -0.481 e. The third-order valence-corrected chi connectivity index (χ3v) is 6.20. The summed E-state index contributed by atoms with van der Waals surface area (Å²) >= 11 is 0. The molecule has 0 radical (unpaired) electrons. The molecule has 0 bridgehead atoms. The number of aliphatic hydroxyl groups is 1. The van der Waals surface area contributed by atoms with Crippen molar-refractivity contribution in [2.75, 3.05) is 12.8 Å². The van der Waals surface area contributed by atoms with Crippen molar-refractivity contribution in [1.82, 2.24) is 0 Å². The van der Waals surface area contributed by atoms with Gasteiger partial charge >= 0.3 is 14.0 Å². The van der Waals surface area contributed by atoms with E-state index in [9.17, 15) is 14.5 Å². The summed E-state index contributed by atoms with van der Waals surface area (Å²) in [6.45, 7) is 4.15. The third-order valence-electron chi connectivity index (χ3n) is 5.06. The zero-order chi connectivity index (χ0) is 20.5. The zero-order valence-electron chi connectivity index (χ0n) is 16.7. The average Bonchev–Trinajstić information content (AvgIpc) is 2.60. The van der Waals surface area contributed by atoms with Crippen LogP contribution in [0.2, 0.25) is 0 Å². The summed E-state index contributed by atoms with van der Waals surface area (Å²) in [6.07, 6.45) is 5.76. The van der Waals surface area contributed by atoms with Crippen LogP contribution in [0.4, 0.5) is 0 Å². The molecule has 1 aromatic carbocycles. The molecule has 1 aromatic rings. The number of rotatable bonds is 8. The lowest BCUT2D eigenvalue weighted by atomic mass is 9.83. The predicted molar refractivity (Wildman–Crippen MR) is 110 cm³/mol. The third kappa shape index (κ3) is 7.72. The molecule has 2 N–H and O–H groups in total. The average molecular weight is 405 g/mol. The fourth-order valence-corrected chi connectivity index (χ4v) is 4.60. The molecule has 2 rings (SSSR count). The molecule has 0 aliphatic heterocycles. The van der Waals surface area contributed by atoms with Crippen molar-refractivity contribution >= 4 is 14.0 Å². The molecule has 5 nitrogen and oxygen atoms in total. The number of aliphatic hydroxyl groups excluding tert-OH is 1. The quantitative estimate of drug-likeness (QED) is 0.496.